The summed E-state index contributed by atoms with van der Waals surface area (Å²) in [5, 5.41) is 0. The van der Waals surface area contributed by atoms with Gasteiger partial charge in [-0.25, -0.2) is 0 Å². The van der Waals surface area contributed by atoms with Crippen LogP contribution in [0.15, 0.2) is 0 Å². The molecule has 0 aromatic rings. The molecule has 4 unspecified atom stereocenters. The minimum atomic E-state index is 1.08. The Morgan fingerprint density at radius 2 is 0.778 bits per heavy atom. The third-order valence-corrected chi connectivity index (χ3v) is 11.8. The van der Waals surface area contributed by atoms with Crippen molar-refractivity contribution >= 4 is 0 Å². The Morgan fingerprint density at radius 3 is 1.00 bits per heavy atom. The molecule has 90 valence electrons. The predicted octanol–water partition coefficient (Wildman–Crippen LogP) is 2.50. The molecule has 0 aromatic heterocycles. The maximum atomic E-state index is 1.72. The lowest BCUT2D eigenvalue weighted by molar-refractivity contribution is 0.172. The summed E-state index contributed by atoms with van der Waals surface area (Å²) in [6.45, 7) is 0. The van der Waals surface area contributed by atoms with Gasteiger partial charge in [0.1, 0.15) is 0 Å². The molecule has 0 spiro atoms. The standard InChI is InChI=1S/C18H18/c1-3-7-8-4(1)12-11(3)17(12,15(7)8)18-13-5-2-6(14(13)18)10-9(5)16(10)18/h3-16H,1-2H2/t3-,4+,5-,6+,7-,8-,9-,10-,11+,12+,13+,14+,15?,16?,17?,18?/m1/s1. The van der Waals surface area contributed by atoms with E-state index in [0.717, 1.165) is 10.8 Å². The molecule has 12 aliphatic carbocycles. The largest absolute Gasteiger partial charge is 0.0464 e. The summed E-state index contributed by atoms with van der Waals surface area (Å²) in [5.41, 5.74) is 2.15. The normalized spacial score (nSPS) is 108. The molecule has 12 aliphatic rings. The maximum Gasteiger partial charge on any atom is -0.0130 e. The topological polar surface area (TPSA) is 0 Å². The van der Waals surface area contributed by atoms with Gasteiger partial charge in [-0.1, -0.05) is 0 Å². The van der Waals surface area contributed by atoms with E-state index in [1.807, 2.05) is 0 Å². The van der Waals surface area contributed by atoms with Crippen molar-refractivity contribution in [3.8, 4) is 0 Å². The summed E-state index contributed by atoms with van der Waals surface area (Å²) >= 11 is 0. The summed E-state index contributed by atoms with van der Waals surface area (Å²) in [5.74, 6) is 18.6. The fourth-order valence-corrected chi connectivity index (χ4v) is 13.0. The van der Waals surface area contributed by atoms with Gasteiger partial charge in [-0.2, -0.15) is 0 Å². The van der Waals surface area contributed by atoms with Gasteiger partial charge in [0.05, 0.1) is 0 Å². The van der Waals surface area contributed by atoms with Gasteiger partial charge in [0.15, 0.2) is 0 Å². The van der Waals surface area contributed by atoms with Crippen LogP contribution in [-0.2, 0) is 0 Å². The molecule has 0 aromatic carbocycles. The summed E-state index contributed by atoms with van der Waals surface area (Å²) in [6.07, 6.45) is 3.44. The van der Waals surface area contributed by atoms with Gasteiger partial charge in [-0.15, -0.1) is 0 Å². The van der Waals surface area contributed by atoms with Gasteiger partial charge >= 0.3 is 0 Å². The van der Waals surface area contributed by atoms with E-state index in [2.05, 4.69) is 0 Å². The summed E-state index contributed by atoms with van der Waals surface area (Å²) in [6, 6.07) is 0. The van der Waals surface area contributed by atoms with Crippen molar-refractivity contribution in [2.75, 3.05) is 0 Å². The number of hydrogen-bond acceptors (Lipinski definition) is 0. The maximum absolute atomic E-state index is 1.72. The first-order chi connectivity index (χ1) is 8.95. The molecule has 12 fully saturated rings. The van der Waals surface area contributed by atoms with Gasteiger partial charge in [-0.05, 0) is 107 Å². The minimum absolute atomic E-state index is 1.08. The highest BCUT2D eigenvalue weighted by Gasteiger charge is 3.11. The van der Waals surface area contributed by atoms with Crippen LogP contribution in [-0.4, -0.2) is 0 Å². The monoisotopic (exact) mass is 234 g/mol. The first-order valence-electron chi connectivity index (χ1n) is 8.95. The third-order valence-electron chi connectivity index (χ3n) is 11.8. The van der Waals surface area contributed by atoms with Crippen molar-refractivity contribution in [1.82, 2.24) is 0 Å². The molecule has 12 saturated carbocycles. The number of rotatable bonds is 1. The van der Waals surface area contributed by atoms with E-state index >= 15 is 0 Å². The molecule has 4 bridgehead atoms. The van der Waals surface area contributed by atoms with Gasteiger partial charge < -0.3 is 0 Å². The van der Waals surface area contributed by atoms with E-state index in [4.69, 9.17) is 0 Å². The lowest BCUT2D eigenvalue weighted by atomic mass is 9.75. The van der Waals surface area contributed by atoms with Crippen LogP contribution >= 0.6 is 0 Å². The van der Waals surface area contributed by atoms with Crippen LogP contribution in [0.4, 0.5) is 0 Å². The lowest BCUT2D eigenvalue weighted by Gasteiger charge is -2.28. The van der Waals surface area contributed by atoms with Crippen LogP contribution < -0.4 is 0 Å². The third kappa shape index (κ3) is 0.303. The van der Waals surface area contributed by atoms with Crippen molar-refractivity contribution in [2.45, 2.75) is 12.8 Å². The number of hydrogen-bond donors (Lipinski definition) is 0. The van der Waals surface area contributed by atoms with Crippen molar-refractivity contribution < 1.29 is 0 Å². The van der Waals surface area contributed by atoms with Crippen molar-refractivity contribution in [1.29, 1.82) is 0 Å². The van der Waals surface area contributed by atoms with Crippen LogP contribution in [0, 0.1) is 93.7 Å². The Balaban J connectivity index is 1.36. The van der Waals surface area contributed by atoms with Crippen LogP contribution in [0.5, 0.6) is 0 Å². The average Bonchev–Trinajstić information content (AvgIpc) is 3.30. The van der Waals surface area contributed by atoms with Crippen molar-refractivity contribution in [3.63, 3.8) is 0 Å². The van der Waals surface area contributed by atoms with E-state index in [0.29, 0.717) is 0 Å². The SMILES string of the molecule is C1[C@@H]2[C@H]3C4[C@@H]3[C@H]1[C@H]1[C@H]2C41C12C3[C@@H]4[C@H]5C[C@@H]([C@@H]34)[C@H]1[C@H]52. The smallest absolute Gasteiger partial charge is 0.0130 e. The molecule has 0 heteroatoms. The molecule has 0 aliphatic heterocycles. The second kappa shape index (κ2) is 1.39. The minimum Gasteiger partial charge on any atom is -0.0464 e. The quantitative estimate of drug-likeness (QED) is 0.654. The highest BCUT2D eigenvalue weighted by Crippen LogP contribution is 3.14. The van der Waals surface area contributed by atoms with Crippen LogP contribution in [0.1, 0.15) is 12.8 Å². The molecule has 0 saturated heterocycles. The zero-order valence-electron chi connectivity index (χ0n) is 10.5. The van der Waals surface area contributed by atoms with Gasteiger partial charge in [-0.3, -0.25) is 0 Å². The Morgan fingerprint density at radius 1 is 0.444 bits per heavy atom. The van der Waals surface area contributed by atoms with Crippen LogP contribution in [0.2, 0.25) is 0 Å². The zero-order valence-corrected chi connectivity index (χ0v) is 10.5. The molecule has 0 N–H and O–H groups in total. The molecular weight excluding hydrogens is 216 g/mol. The Kier molecular flexibility index (Phi) is 0.550. The van der Waals surface area contributed by atoms with Crippen LogP contribution in [0.3, 0.4) is 0 Å². The first kappa shape index (κ1) is 7.14. The average molecular weight is 234 g/mol. The Labute approximate surface area is 107 Å². The van der Waals surface area contributed by atoms with Gasteiger partial charge in [0, 0.05) is 0 Å². The zero-order chi connectivity index (χ0) is 10.5. The van der Waals surface area contributed by atoms with Crippen LogP contribution in [0.25, 0.3) is 0 Å². The highest BCUT2D eigenvalue weighted by atomic mass is 15.1. The fourth-order valence-electron chi connectivity index (χ4n) is 13.0. The Hall–Kier alpha value is 0. The molecule has 18 heavy (non-hydrogen) atoms. The Bertz CT molecular complexity index is 535. The summed E-state index contributed by atoms with van der Waals surface area (Å²) < 4.78 is 0. The molecule has 0 amide bonds. The first-order valence-corrected chi connectivity index (χ1v) is 8.95. The van der Waals surface area contributed by atoms with E-state index in [1.165, 1.54) is 82.9 Å². The molecule has 12 rings (SSSR count). The van der Waals surface area contributed by atoms with E-state index in [-0.39, 0.29) is 0 Å². The second-order valence-corrected chi connectivity index (χ2v) is 10.5. The molecule has 16 atom stereocenters. The van der Waals surface area contributed by atoms with Gasteiger partial charge in [0.2, 0.25) is 0 Å². The lowest BCUT2D eigenvalue weighted by Crippen LogP contribution is -2.26. The van der Waals surface area contributed by atoms with Gasteiger partial charge in [0.25, 0.3) is 0 Å². The molecule has 0 nitrogen and oxygen atoms in total. The second-order valence-electron chi connectivity index (χ2n) is 10.5. The van der Waals surface area contributed by atoms with E-state index in [9.17, 15) is 0 Å². The predicted molar refractivity (Wildman–Crippen MR) is 63.0 cm³/mol. The summed E-state index contributed by atoms with van der Waals surface area (Å²) in [4.78, 5) is 0. The highest BCUT2D eigenvalue weighted by molar-refractivity contribution is 5.57. The fraction of sp³-hybridized carbons (Fsp3) is 1.00. The molecule has 0 radical (unpaired) electrons. The summed E-state index contributed by atoms with van der Waals surface area (Å²) in [7, 11) is 0. The van der Waals surface area contributed by atoms with Crippen molar-refractivity contribution in [3.05, 3.63) is 0 Å². The molecular formula is C18H18. The molecule has 0 heterocycles. The van der Waals surface area contributed by atoms with Crippen molar-refractivity contribution in [2.24, 2.45) is 93.7 Å². The van der Waals surface area contributed by atoms with E-state index < -0.39 is 0 Å². The van der Waals surface area contributed by atoms with E-state index in [1.54, 1.807) is 12.8 Å².